The summed E-state index contributed by atoms with van der Waals surface area (Å²) in [5, 5.41) is 5.20. The molecule has 0 fully saturated rings. The number of furan rings is 1. The summed E-state index contributed by atoms with van der Waals surface area (Å²) in [6.45, 7) is 0.467. The lowest BCUT2D eigenvalue weighted by molar-refractivity contribution is -0.121. The smallest absolute Gasteiger partial charge is 0.232 e. The third-order valence-electron chi connectivity index (χ3n) is 5.20. The maximum Gasteiger partial charge on any atom is 0.232 e. The van der Waals surface area contributed by atoms with Gasteiger partial charge in [-0.15, -0.1) is 11.3 Å². The average Bonchev–Trinajstić information content (AvgIpc) is 3.47. The first-order valence-electron chi connectivity index (χ1n) is 9.51. The van der Waals surface area contributed by atoms with Gasteiger partial charge in [0.15, 0.2) is 0 Å². The summed E-state index contributed by atoms with van der Waals surface area (Å²) in [7, 11) is 0. The number of ether oxygens (including phenoxy) is 1. The fourth-order valence-corrected chi connectivity index (χ4v) is 4.65. The molecule has 0 bridgehead atoms. The number of fused-ring (bicyclic) bond motifs is 2. The van der Waals surface area contributed by atoms with Crippen LogP contribution in [0, 0.1) is 0 Å². The van der Waals surface area contributed by atoms with Gasteiger partial charge >= 0.3 is 0 Å². The first-order chi connectivity index (χ1) is 14.3. The van der Waals surface area contributed by atoms with Crippen LogP contribution in [0.15, 0.2) is 88.9 Å². The van der Waals surface area contributed by atoms with Crippen LogP contribution in [0.2, 0.25) is 0 Å². The summed E-state index contributed by atoms with van der Waals surface area (Å²) in [5.74, 6) is 1.84. The molecule has 1 aliphatic heterocycles. The number of rotatable bonds is 5. The predicted molar refractivity (Wildman–Crippen MR) is 113 cm³/mol. The van der Waals surface area contributed by atoms with Crippen LogP contribution in [0.25, 0.3) is 0 Å². The van der Waals surface area contributed by atoms with E-state index in [1.165, 1.54) is 0 Å². The van der Waals surface area contributed by atoms with Gasteiger partial charge in [0.2, 0.25) is 5.91 Å². The van der Waals surface area contributed by atoms with Crippen LogP contribution < -0.4 is 10.1 Å². The Balaban J connectivity index is 1.44. The SMILES string of the molecule is O=C(NCC(c1ccco1)c1cccs1)C1c2ccccc2Oc2ccccc21. The highest BCUT2D eigenvalue weighted by molar-refractivity contribution is 7.10. The van der Waals surface area contributed by atoms with E-state index >= 15 is 0 Å². The van der Waals surface area contributed by atoms with E-state index in [-0.39, 0.29) is 11.8 Å². The van der Waals surface area contributed by atoms with Crippen molar-refractivity contribution in [3.05, 3.63) is 106 Å². The Hall–Kier alpha value is -3.31. The number of amides is 1. The number of thiophene rings is 1. The van der Waals surface area contributed by atoms with Gasteiger partial charge in [-0.25, -0.2) is 0 Å². The van der Waals surface area contributed by atoms with Crippen LogP contribution in [-0.4, -0.2) is 12.5 Å². The quantitative estimate of drug-likeness (QED) is 0.479. The van der Waals surface area contributed by atoms with E-state index in [0.29, 0.717) is 6.54 Å². The van der Waals surface area contributed by atoms with Crippen molar-refractivity contribution in [1.82, 2.24) is 5.32 Å². The van der Waals surface area contributed by atoms with Crippen molar-refractivity contribution in [2.45, 2.75) is 11.8 Å². The molecule has 144 valence electrons. The van der Waals surface area contributed by atoms with Crippen molar-refractivity contribution in [2.75, 3.05) is 6.54 Å². The fraction of sp³-hybridized carbons (Fsp3) is 0.125. The third kappa shape index (κ3) is 3.34. The summed E-state index contributed by atoms with van der Waals surface area (Å²) in [6, 6.07) is 23.4. The van der Waals surface area contributed by atoms with Gasteiger partial charge in [0.25, 0.3) is 0 Å². The van der Waals surface area contributed by atoms with E-state index in [0.717, 1.165) is 33.3 Å². The van der Waals surface area contributed by atoms with Gasteiger partial charge < -0.3 is 14.5 Å². The fourth-order valence-electron chi connectivity index (χ4n) is 3.82. The van der Waals surface area contributed by atoms with Crippen molar-refractivity contribution in [3.8, 4) is 11.5 Å². The molecule has 5 heteroatoms. The minimum atomic E-state index is -0.406. The largest absolute Gasteiger partial charge is 0.469 e. The molecule has 0 saturated carbocycles. The molecule has 5 rings (SSSR count). The molecule has 1 unspecified atom stereocenters. The van der Waals surface area contributed by atoms with Gasteiger partial charge in [-0.1, -0.05) is 42.5 Å². The van der Waals surface area contributed by atoms with Crippen molar-refractivity contribution < 1.29 is 13.9 Å². The molecule has 1 aliphatic rings. The van der Waals surface area contributed by atoms with Crippen LogP contribution in [0.5, 0.6) is 11.5 Å². The highest BCUT2D eigenvalue weighted by Gasteiger charge is 2.33. The Kier molecular flexibility index (Phi) is 4.66. The number of carbonyl (C=O) groups excluding carboxylic acids is 1. The van der Waals surface area contributed by atoms with E-state index in [9.17, 15) is 4.79 Å². The molecule has 3 heterocycles. The third-order valence-corrected chi connectivity index (χ3v) is 6.18. The van der Waals surface area contributed by atoms with Gasteiger partial charge in [0, 0.05) is 22.5 Å². The summed E-state index contributed by atoms with van der Waals surface area (Å²) in [5.41, 5.74) is 1.77. The monoisotopic (exact) mass is 401 g/mol. The van der Waals surface area contributed by atoms with Crippen molar-refractivity contribution in [2.24, 2.45) is 0 Å². The average molecular weight is 401 g/mol. The number of para-hydroxylation sites is 2. The molecule has 1 atom stereocenters. The minimum Gasteiger partial charge on any atom is -0.469 e. The van der Waals surface area contributed by atoms with Crippen LogP contribution >= 0.6 is 11.3 Å². The predicted octanol–water partition coefficient (Wildman–Crippen LogP) is 5.53. The Labute approximate surface area is 172 Å². The first kappa shape index (κ1) is 17.8. The van der Waals surface area contributed by atoms with E-state index in [4.69, 9.17) is 9.15 Å². The topological polar surface area (TPSA) is 51.5 Å². The highest BCUT2D eigenvalue weighted by atomic mass is 32.1. The molecule has 0 saturated heterocycles. The lowest BCUT2D eigenvalue weighted by Crippen LogP contribution is -2.34. The van der Waals surface area contributed by atoms with E-state index < -0.39 is 5.92 Å². The van der Waals surface area contributed by atoms with Gasteiger partial charge in [-0.2, -0.15) is 0 Å². The molecule has 4 nitrogen and oxygen atoms in total. The number of hydrogen-bond acceptors (Lipinski definition) is 4. The molecule has 0 spiro atoms. The van der Waals surface area contributed by atoms with Crippen molar-refractivity contribution in [1.29, 1.82) is 0 Å². The Morgan fingerprint density at radius 2 is 1.66 bits per heavy atom. The zero-order chi connectivity index (χ0) is 19.6. The van der Waals surface area contributed by atoms with E-state index in [1.807, 2.05) is 72.1 Å². The zero-order valence-corrected chi connectivity index (χ0v) is 16.4. The molecular formula is C24H19NO3S. The van der Waals surface area contributed by atoms with Crippen LogP contribution in [-0.2, 0) is 4.79 Å². The normalized spacial score (nSPS) is 13.8. The standard InChI is InChI=1S/C24H19NO3S/c26-24(25-15-18(19-11-5-13-27-19)22-12-6-14-29-22)23-16-7-1-3-9-20(16)28-21-10-4-2-8-17(21)23/h1-14,18,23H,15H2,(H,25,26). The Morgan fingerprint density at radius 1 is 0.931 bits per heavy atom. The van der Waals surface area contributed by atoms with Crippen LogP contribution in [0.1, 0.15) is 33.6 Å². The van der Waals surface area contributed by atoms with E-state index in [2.05, 4.69) is 11.4 Å². The Morgan fingerprint density at radius 3 is 2.28 bits per heavy atom. The van der Waals surface area contributed by atoms with Crippen LogP contribution in [0.4, 0.5) is 0 Å². The van der Waals surface area contributed by atoms with Gasteiger partial charge in [0.1, 0.15) is 17.3 Å². The zero-order valence-electron chi connectivity index (χ0n) is 15.6. The second kappa shape index (κ2) is 7.60. The molecule has 1 N–H and O–H groups in total. The molecule has 2 aromatic heterocycles. The molecule has 1 amide bonds. The highest BCUT2D eigenvalue weighted by Crippen LogP contribution is 2.44. The Bertz CT molecular complexity index is 1040. The van der Waals surface area contributed by atoms with E-state index in [1.54, 1.807) is 17.6 Å². The maximum atomic E-state index is 13.4. The number of hydrogen-bond donors (Lipinski definition) is 1. The minimum absolute atomic E-state index is 0.0146. The molecular weight excluding hydrogens is 382 g/mol. The second-order valence-electron chi connectivity index (χ2n) is 6.94. The van der Waals surface area contributed by atoms with Crippen molar-refractivity contribution in [3.63, 3.8) is 0 Å². The van der Waals surface area contributed by atoms with Crippen molar-refractivity contribution >= 4 is 17.2 Å². The lowest BCUT2D eigenvalue weighted by atomic mass is 9.87. The van der Waals surface area contributed by atoms with Gasteiger partial charge in [0.05, 0.1) is 18.1 Å². The summed E-state index contributed by atoms with van der Waals surface area (Å²) in [4.78, 5) is 14.5. The van der Waals surface area contributed by atoms with Crippen LogP contribution in [0.3, 0.4) is 0 Å². The second-order valence-corrected chi connectivity index (χ2v) is 7.92. The number of benzene rings is 2. The molecule has 0 aliphatic carbocycles. The summed E-state index contributed by atoms with van der Waals surface area (Å²) in [6.07, 6.45) is 1.67. The first-order valence-corrected chi connectivity index (χ1v) is 10.4. The molecule has 29 heavy (non-hydrogen) atoms. The number of carbonyl (C=O) groups is 1. The van der Waals surface area contributed by atoms with Gasteiger partial charge in [-0.3, -0.25) is 4.79 Å². The molecule has 0 radical (unpaired) electrons. The maximum absolute atomic E-state index is 13.4. The molecule has 4 aromatic rings. The molecule has 2 aromatic carbocycles. The van der Waals surface area contributed by atoms with Gasteiger partial charge in [-0.05, 0) is 35.7 Å². The summed E-state index contributed by atoms with van der Waals surface area (Å²) >= 11 is 1.66. The lowest BCUT2D eigenvalue weighted by Gasteiger charge is -2.28. The summed E-state index contributed by atoms with van der Waals surface area (Å²) < 4.78 is 11.7. The number of nitrogens with one attached hydrogen (secondary N) is 1.